The Labute approximate surface area is 149 Å². The minimum atomic E-state index is 0. The summed E-state index contributed by atoms with van der Waals surface area (Å²) >= 11 is 0. The van der Waals surface area contributed by atoms with Crippen molar-refractivity contribution in [1.82, 2.24) is 4.90 Å². The van der Waals surface area contributed by atoms with E-state index >= 15 is 0 Å². The third-order valence-corrected chi connectivity index (χ3v) is 4.24. The highest BCUT2D eigenvalue weighted by atomic mass is 35.5. The van der Waals surface area contributed by atoms with Crippen LogP contribution in [0.5, 0.6) is 5.75 Å². The number of hydrogen-bond donors (Lipinski definition) is 1. The van der Waals surface area contributed by atoms with Crippen molar-refractivity contribution in [1.29, 1.82) is 0 Å². The van der Waals surface area contributed by atoms with Gasteiger partial charge in [-0.05, 0) is 31.2 Å². The zero-order chi connectivity index (χ0) is 16.2. The first-order valence-corrected chi connectivity index (χ1v) is 8.00. The van der Waals surface area contributed by atoms with Gasteiger partial charge in [0.1, 0.15) is 11.9 Å². The Bertz CT molecular complexity index is 680. The van der Waals surface area contributed by atoms with Crippen LogP contribution < -0.4 is 10.5 Å². The average molecular weight is 347 g/mol. The molecule has 1 aliphatic rings. The van der Waals surface area contributed by atoms with Crippen molar-refractivity contribution in [2.45, 2.75) is 25.9 Å². The van der Waals surface area contributed by atoms with Crippen LogP contribution in [0.15, 0.2) is 48.5 Å². The molecule has 1 saturated heterocycles. The molecule has 0 radical (unpaired) electrons. The van der Waals surface area contributed by atoms with Crippen molar-refractivity contribution < 1.29 is 9.53 Å². The normalized spacial score (nSPS) is 14.8. The molecule has 0 saturated carbocycles. The molecule has 0 aliphatic carbocycles. The molecule has 0 spiro atoms. The Morgan fingerprint density at radius 3 is 2.33 bits per heavy atom. The highest BCUT2D eigenvalue weighted by molar-refractivity contribution is 5.99. The Balaban J connectivity index is 0.00000208. The van der Waals surface area contributed by atoms with Gasteiger partial charge in [0, 0.05) is 31.6 Å². The monoisotopic (exact) mass is 346 g/mol. The second-order valence-corrected chi connectivity index (χ2v) is 6.01. The van der Waals surface area contributed by atoms with Crippen LogP contribution in [0.4, 0.5) is 5.69 Å². The van der Waals surface area contributed by atoms with Crippen molar-refractivity contribution in [2.24, 2.45) is 0 Å². The number of anilines is 1. The van der Waals surface area contributed by atoms with Crippen molar-refractivity contribution in [3.05, 3.63) is 59.7 Å². The van der Waals surface area contributed by atoms with E-state index in [1.807, 2.05) is 41.3 Å². The van der Waals surface area contributed by atoms with Crippen LogP contribution in [0.3, 0.4) is 0 Å². The SMILES string of the molecule is Cc1ccc(OC2CCN(C(=O)c3ccccc3N)CC2)cc1.Cl. The van der Waals surface area contributed by atoms with Gasteiger partial charge >= 0.3 is 0 Å². The lowest BCUT2D eigenvalue weighted by Crippen LogP contribution is -2.42. The molecule has 128 valence electrons. The van der Waals surface area contributed by atoms with Crippen molar-refractivity contribution in [2.75, 3.05) is 18.8 Å². The number of likely N-dealkylation sites (tertiary alicyclic amines) is 1. The quantitative estimate of drug-likeness (QED) is 0.862. The summed E-state index contributed by atoms with van der Waals surface area (Å²) in [7, 11) is 0. The summed E-state index contributed by atoms with van der Waals surface area (Å²) in [4.78, 5) is 14.4. The molecular weight excluding hydrogens is 324 g/mol. The lowest BCUT2D eigenvalue weighted by atomic mass is 10.1. The molecule has 0 bridgehead atoms. The lowest BCUT2D eigenvalue weighted by molar-refractivity contribution is 0.0596. The molecule has 0 atom stereocenters. The summed E-state index contributed by atoms with van der Waals surface area (Å²) in [5.41, 5.74) is 8.24. The van der Waals surface area contributed by atoms with Gasteiger partial charge in [0.2, 0.25) is 0 Å². The summed E-state index contributed by atoms with van der Waals surface area (Å²) in [5, 5.41) is 0. The largest absolute Gasteiger partial charge is 0.490 e. The second-order valence-electron chi connectivity index (χ2n) is 6.01. The Morgan fingerprint density at radius 2 is 1.71 bits per heavy atom. The van der Waals surface area contributed by atoms with Gasteiger partial charge in [0.15, 0.2) is 0 Å². The van der Waals surface area contributed by atoms with Gasteiger partial charge in [-0.3, -0.25) is 4.79 Å². The molecular formula is C19H23ClN2O2. The number of hydrogen-bond acceptors (Lipinski definition) is 3. The molecule has 0 unspecified atom stereocenters. The van der Waals surface area contributed by atoms with E-state index in [4.69, 9.17) is 10.5 Å². The first-order chi connectivity index (χ1) is 11.1. The summed E-state index contributed by atoms with van der Waals surface area (Å²) in [5.74, 6) is 0.907. The summed E-state index contributed by atoms with van der Waals surface area (Å²) in [6.45, 7) is 3.45. The number of rotatable bonds is 3. The maximum Gasteiger partial charge on any atom is 0.255 e. The fourth-order valence-electron chi connectivity index (χ4n) is 2.85. The van der Waals surface area contributed by atoms with Gasteiger partial charge in [-0.1, -0.05) is 29.8 Å². The number of nitrogens with zero attached hydrogens (tertiary/aromatic N) is 1. The Hall–Kier alpha value is -2.20. The predicted octanol–water partition coefficient (Wildman–Crippen LogP) is 3.68. The third kappa shape index (κ3) is 4.20. The number of carbonyl (C=O) groups is 1. The highest BCUT2D eigenvalue weighted by Gasteiger charge is 2.25. The zero-order valence-corrected chi connectivity index (χ0v) is 14.6. The van der Waals surface area contributed by atoms with Gasteiger partial charge in [-0.2, -0.15) is 0 Å². The fraction of sp³-hybridized carbons (Fsp3) is 0.316. The van der Waals surface area contributed by atoms with E-state index in [1.54, 1.807) is 12.1 Å². The Morgan fingerprint density at radius 1 is 1.08 bits per heavy atom. The minimum Gasteiger partial charge on any atom is -0.490 e. The van der Waals surface area contributed by atoms with Crippen LogP contribution in [0.25, 0.3) is 0 Å². The summed E-state index contributed by atoms with van der Waals surface area (Å²) in [6, 6.07) is 15.3. The number of carbonyl (C=O) groups excluding carboxylic acids is 1. The summed E-state index contributed by atoms with van der Waals surface area (Å²) < 4.78 is 6.01. The number of nitrogen functional groups attached to an aromatic ring is 1. The molecule has 2 aromatic rings. The van der Waals surface area contributed by atoms with E-state index < -0.39 is 0 Å². The molecule has 1 fully saturated rings. The van der Waals surface area contributed by atoms with E-state index in [9.17, 15) is 4.79 Å². The van der Waals surface area contributed by atoms with Gasteiger partial charge in [-0.25, -0.2) is 0 Å². The van der Waals surface area contributed by atoms with E-state index in [0.717, 1.165) is 18.6 Å². The average Bonchev–Trinajstić information content (AvgIpc) is 2.57. The Kier molecular flexibility index (Phi) is 6.10. The third-order valence-electron chi connectivity index (χ3n) is 4.24. The number of benzene rings is 2. The van der Waals surface area contributed by atoms with E-state index in [1.165, 1.54) is 5.56 Å². The lowest BCUT2D eigenvalue weighted by Gasteiger charge is -2.32. The topological polar surface area (TPSA) is 55.6 Å². The molecule has 5 heteroatoms. The number of nitrogens with two attached hydrogens (primary N) is 1. The first kappa shape index (κ1) is 18.1. The van der Waals surface area contributed by atoms with Crippen molar-refractivity contribution >= 4 is 24.0 Å². The fourth-order valence-corrected chi connectivity index (χ4v) is 2.85. The number of piperidine rings is 1. The molecule has 0 aromatic heterocycles. The maximum atomic E-state index is 12.5. The number of ether oxygens (including phenoxy) is 1. The molecule has 1 amide bonds. The number of amides is 1. The van der Waals surface area contributed by atoms with Crippen LogP contribution in [0.1, 0.15) is 28.8 Å². The van der Waals surface area contributed by atoms with E-state index in [0.29, 0.717) is 24.3 Å². The summed E-state index contributed by atoms with van der Waals surface area (Å²) in [6.07, 6.45) is 1.84. The van der Waals surface area contributed by atoms with E-state index in [2.05, 4.69) is 6.92 Å². The molecule has 4 nitrogen and oxygen atoms in total. The van der Waals surface area contributed by atoms with Gasteiger partial charge in [0.05, 0.1) is 5.56 Å². The first-order valence-electron chi connectivity index (χ1n) is 8.00. The van der Waals surface area contributed by atoms with Crippen molar-refractivity contribution in [3.63, 3.8) is 0 Å². The van der Waals surface area contributed by atoms with Gasteiger partial charge in [0.25, 0.3) is 5.91 Å². The maximum absolute atomic E-state index is 12.5. The van der Waals surface area contributed by atoms with E-state index in [-0.39, 0.29) is 24.4 Å². The predicted molar refractivity (Wildman–Crippen MR) is 98.8 cm³/mol. The number of para-hydroxylation sites is 1. The molecule has 3 rings (SSSR count). The molecule has 2 aromatic carbocycles. The van der Waals surface area contributed by atoms with Crippen LogP contribution in [-0.2, 0) is 0 Å². The highest BCUT2D eigenvalue weighted by Crippen LogP contribution is 2.22. The second kappa shape index (κ2) is 8.06. The number of aryl methyl sites for hydroxylation is 1. The van der Waals surface area contributed by atoms with Gasteiger partial charge in [-0.15, -0.1) is 12.4 Å². The van der Waals surface area contributed by atoms with Gasteiger partial charge < -0.3 is 15.4 Å². The van der Waals surface area contributed by atoms with Crippen LogP contribution in [0.2, 0.25) is 0 Å². The minimum absolute atomic E-state index is 0. The smallest absolute Gasteiger partial charge is 0.255 e. The standard InChI is InChI=1S/C19H22N2O2.ClH/c1-14-6-8-15(9-7-14)23-16-10-12-21(13-11-16)19(22)17-4-2-3-5-18(17)20;/h2-9,16H,10-13,20H2,1H3;1H. The molecule has 1 heterocycles. The molecule has 1 aliphatic heterocycles. The van der Waals surface area contributed by atoms with Crippen molar-refractivity contribution in [3.8, 4) is 5.75 Å². The van der Waals surface area contributed by atoms with Crippen LogP contribution in [-0.4, -0.2) is 30.0 Å². The number of halogens is 1. The molecule has 24 heavy (non-hydrogen) atoms. The van der Waals surface area contributed by atoms with Crippen LogP contribution >= 0.6 is 12.4 Å². The zero-order valence-electron chi connectivity index (χ0n) is 13.8. The molecule has 2 N–H and O–H groups in total. The van der Waals surface area contributed by atoms with Crippen LogP contribution in [0, 0.1) is 6.92 Å².